The van der Waals surface area contributed by atoms with E-state index < -0.39 is 5.97 Å². The number of carbonyl (C=O) groups is 1. The number of likely N-dealkylation sites (tertiary alicyclic amines) is 1. The number of hydrogen-bond donors (Lipinski definition) is 1. The molecule has 1 saturated heterocycles. The van der Waals surface area contributed by atoms with Crippen LogP contribution in [0.1, 0.15) is 19.3 Å². The molecule has 0 spiro atoms. The Morgan fingerprint density at radius 3 is 2.79 bits per heavy atom. The minimum Gasteiger partial charge on any atom is -0.480 e. The van der Waals surface area contributed by atoms with Gasteiger partial charge < -0.3 is 10.0 Å². The number of piperidine rings is 1. The molecule has 1 aromatic carbocycles. The maximum absolute atomic E-state index is 11.2. The number of hydrogen-bond acceptors (Lipinski definition) is 3. The van der Waals surface area contributed by atoms with Crippen LogP contribution in [0.5, 0.6) is 0 Å². The van der Waals surface area contributed by atoms with Crippen LogP contribution in [0.3, 0.4) is 0 Å². The second kappa shape index (κ2) is 6.57. The van der Waals surface area contributed by atoms with Gasteiger partial charge in [-0.25, -0.2) is 0 Å². The molecular weight excluding hydrogens is 240 g/mol. The molecule has 1 atom stereocenters. The van der Waals surface area contributed by atoms with Crippen LogP contribution in [-0.2, 0) is 4.79 Å². The number of likely N-dealkylation sites (N-methyl/N-ethyl adjacent to an activating group) is 1. The number of benzene rings is 1. The lowest BCUT2D eigenvalue weighted by Crippen LogP contribution is -2.47. The van der Waals surface area contributed by atoms with Crippen LogP contribution in [-0.4, -0.2) is 48.7 Å². The molecule has 0 bridgehead atoms. The molecule has 1 aliphatic rings. The lowest BCUT2D eigenvalue weighted by atomic mass is 10.0. The van der Waals surface area contributed by atoms with Gasteiger partial charge in [0, 0.05) is 25.8 Å². The summed E-state index contributed by atoms with van der Waals surface area (Å²) in [5.41, 5.74) is 1.17. The third-order valence-electron chi connectivity index (χ3n) is 3.82. The number of para-hydroxylation sites is 1. The van der Waals surface area contributed by atoms with Crippen molar-refractivity contribution in [2.75, 3.05) is 31.6 Å². The molecule has 0 aliphatic carbocycles. The minimum atomic E-state index is -0.679. The van der Waals surface area contributed by atoms with Crippen molar-refractivity contribution in [1.82, 2.24) is 4.90 Å². The Morgan fingerprint density at radius 2 is 2.11 bits per heavy atom. The van der Waals surface area contributed by atoms with Crippen molar-refractivity contribution >= 4 is 11.7 Å². The Morgan fingerprint density at radius 1 is 1.37 bits per heavy atom. The lowest BCUT2D eigenvalue weighted by Gasteiger charge is -2.34. The Labute approximate surface area is 114 Å². The second-order valence-corrected chi connectivity index (χ2v) is 5.14. The standard InChI is InChI=1S/C15H22N2O2/c1-16(13-7-3-2-4-8-13)11-12-17-10-6-5-9-14(17)15(18)19/h2-4,7-8,14H,5-6,9-12H2,1H3,(H,18,19). The van der Waals surface area contributed by atoms with Crippen molar-refractivity contribution < 1.29 is 9.90 Å². The Kier molecular flexibility index (Phi) is 4.80. The number of carboxylic acid groups (broad SMARTS) is 1. The SMILES string of the molecule is CN(CCN1CCCCC1C(=O)O)c1ccccc1. The molecule has 0 saturated carbocycles. The maximum Gasteiger partial charge on any atom is 0.320 e. The predicted octanol–water partition coefficient (Wildman–Crippen LogP) is 2.06. The third kappa shape index (κ3) is 3.70. The molecular formula is C15H22N2O2. The molecule has 1 N–H and O–H groups in total. The van der Waals surface area contributed by atoms with E-state index in [2.05, 4.69) is 29.0 Å². The lowest BCUT2D eigenvalue weighted by molar-refractivity contribution is -0.144. The first kappa shape index (κ1) is 13.9. The number of anilines is 1. The smallest absolute Gasteiger partial charge is 0.320 e. The van der Waals surface area contributed by atoms with Crippen LogP contribution in [0.4, 0.5) is 5.69 Å². The van der Waals surface area contributed by atoms with E-state index in [1.54, 1.807) is 0 Å². The third-order valence-corrected chi connectivity index (χ3v) is 3.82. The molecule has 104 valence electrons. The molecule has 4 nitrogen and oxygen atoms in total. The van der Waals surface area contributed by atoms with Crippen LogP contribution in [0.15, 0.2) is 30.3 Å². The van der Waals surface area contributed by atoms with E-state index in [1.165, 1.54) is 5.69 Å². The fourth-order valence-corrected chi connectivity index (χ4v) is 2.63. The molecule has 1 aromatic rings. The monoisotopic (exact) mass is 262 g/mol. The minimum absolute atomic E-state index is 0.294. The Balaban J connectivity index is 1.88. The van der Waals surface area contributed by atoms with Crippen molar-refractivity contribution in [3.63, 3.8) is 0 Å². The molecule has 0 amide bonds. The zero-order valence-electron chi connectivity index (χ0n) is 11.5. The molecule has 1 aliphatic heterocycles. The van der Waals surface area contributed by atoms with Crippen LogP contribution in [0.25, 0.3) is 0 Å². The summed E-state index contributed by atoms with van der Waals surface area (Å²) in [4.78, 5) is 15.5. The second-order valence-electron chi connectivity index (χ2n) is 5.14. The molecule has 19 heavy (non-hydrogen) atoms. The Hall–Kier alpha value is -1.55. The maximum atomic E-state index is 11.2. The van der Waals surface area contributed by atoms with Crippen LogP contribution >= 0.6 is 0 Å². The van der Waals surface area contributed by atoms with Gasteiger partial charge in [-0.1, -0.05) is 24.6 Å². The summed E-state index contributed by atoms with van der Waals surface area (Å²) in [5.74, 6) is -0.679. The normalized spacial score (nSPS) is 20.2. The van der Waals surface area contributed by atoms with E-state index >= 15 is 0 Å². The first-order chi connectivity index (χ1) is 9.18. The predicted molar refractivity (Wildman–Crippen MR) is 76.6 cm³/mol. The molecule has 0 aromatic heterocycles. The van der Waals surface area contributed by atoms with Crippen molar-refractivity contribution in [1.29, 1.82) is 0 Å². The van der Waals surface area contributed by atoms with Crippen molar-refractivity contribution in [2.24, 2.45) is 0 Å². The van der Waals surface area contributed by atoms with E-state index in [0.717, 1.165) is 38.9 Å². The first-order valence-electron chi connectivity index (χ1n) is 6.91. The average molecular weight is 262 g/mol. The van der Waals surface area contributed by atoms with E-state index in [9.17, 15) is 9.90 Å². The topological polar surface area (TPSA) is 43.8 Å². The van der Waals surface area contributed by atoms with Gasteiger partial charge in [-0.3, -0.25) is 9.69 Å². The number of aliphatic carboxylic acids is 1. The highest BCUT2D eigenvalue weighted by atomic mass is 16.4. The van der Waals surface area contributed by atoms with Gasteiger partial charge in [-0.2, -0.15) is 0 Å². The zero-order chi connectivity index (χ0) is 13.7. The summed E-state index contributed by atoms with van der Waals surface area (Å²) in [6.07, 6.45) is 2.92. The number of nitrogens with zero attached hydrogens (tertiary/aromatic N) is 2. The number of carboxylic acids is 1. The number of rotatable bonds is 5. The van der Waals surface area contributed by atoms with Crippen LogP contribution < -0.4 is 4.90 Å². The Bertz CT molecular complexity index is 408. The fourth-order valence-electron chi connectivity index (χ4n) is 2.63. The summed E-state index contributed by atoms with van der Waals surface area (Å²) in [5, 5.41) is 9.24. The van der Waals surface area contributed by atoms with Gasteiger partial charge in [0.25, 0.3) is 0 Å². The van der Waals surface area contributed by atoms with E-state index in [-0.39, 0.29) is 6.04 Å². The van der Waals surface area contributed by atoms with Crippen molar-refractivity contribution in [3.05, 3.63) is 30.3 Å². The molecule has 1 heterocycles. The van der Waals surface area contributed by atoms with Gasteiger partial charge in [0.1, 0.15) is 6.04 Å². The van der Waals surface area contributed by atoms with Gasteiger partial charge in [0.15, 0.2) is 0 Å². The van der Waals surface area contributed by atoms with Gasteiger partial charge >= 0.3 is 5.97 Å². The summed E-state index contributed by atoms with van der Waals surface area (Å²) >= 11 is 0. The summed E-state index contributed by atoms with van der Waals surface area (Å²) < 4.78 is 0. The quantitative estimate of drug-likeness (QED) is 0.882. The van der Waals surface area contributed by atoms with E-state index in [4.69, 9.17) is 0 Å². The molecule has 0 radical (unpaired) electrons. The molecule has 1 fully saturated rings. The fraction of sp³-hybridized carbons (Fsp3) is 0.533. The van der Waals surface area contributed by atoms with Gasteiger partial charge in [-0.05, 0) is 31.5 Å². The van der Waals surface area contributed by atoms with Crippen molar-refractivity contribution in [2.45, 2.75) is 25.3 Å². The highest BCUT2D eigenvalue weighted by molar-refractivity contribution is 5.73. The highest BCUT2D eigenvalue weighted by Gasteiger charge is 2.27. The van der Waals surface area contributed by atoms with Crippen LogP contribution in [0.2, 0.25) is 0 Å². The van der Waals surface area contributed by atoms with Gasteiger partial charge in [-0.15, -0.1) is 0 Å². The summed E-state index contributed by atoms with van der Waals surface area (Å²) in [6, 6.07) is 9.90. The largest absolute Gasteiger partial charge is 0.480 e. The van der Waals surface area contributed by atoms with Crippen LogP contribution in [0, 0.1) is 0 Å². The van der Waals surface area contributed by atoms with Crippen molar-refractivity contribution in [3.8, 4) is 0 Å². The molecule has 1 unspecified atom stereocenters. The molecule has 2 rings (SSSR count). The van der Waals surface area contributed by atoms with Gasteiger partial charge in [0.2, 0.25) is 0 Å². The highest BCUT2D eigenvalue weighted by Crippen LogP contribution is 2.17. The molecule has 4 heteroatoms. The van der Waals surface area contributed by atoms with E-state index in [0.29, 0.717) is 0 Å². The van der Waals surface area contributed by atoms with Gasteiger partial charge in [0.05, 0.1) is 0 Å². The summed E-state index contributed by atoms with van der Waals surface area (Å²) in [7, 11) is 2.05. The first-order valence-corrected chi connectivity index (χ1v) is 6.91. The van der Waals surface area contributed by atoms with E-state index in [1.807, 2.05) is 18.2 Å². The average Bonchev–Trinajstić information content (AvgIpc) is 2.46. The zero-order valence-corrected chi connectivity index (χ0v) is 11.5. The summed E-state index contributed by atoms with van der Waals surface area (Å²) in [6.45, 7) is 2.57.